The van der Waals surface area contributed by atoms with E-state index in [1.54, 1.807) is 17.8 Å². The molecule has 6 aromatic rings. The zero-order chi connectivity index (χ0) is 33.0. The molecule has 11 heteroatoms. The van der Waals surface area contributed by atoms with Crippen LogP contribution in [0.1, 0.15) is 63.2 Å². The maximum atomic E-state index is 14.7. The molecule has 0 saturated carbocycles. The van der Waals surface area contributed by atoms with Gasteiger partial charge in [0.25, 0.3) is 5.56 Å². The maximum Gasteiger partial charge on any atom is 0.310 e. The van der Waals surface area contributed by atoms with Crippen LogP contribution in [0.3, 0.4) is 0 Å². The van der Waals surface area contributed by atoms with Crippen molar-refractivity contribution in [1.29, 1.82) is 0 Å². The Kier molecular flexibility index (Phi) is 8.93. The van der Waals surface area contributed by atoms with Gasteiger partial charge in [0.05, 0.1) is 42.0 Å². The smallest absolute Gasteiger partial charge is 0.310 e. The molecular weight excluding hydrogens is 606 g/mol. The number of rotatable bonds is 10. The lowest BCUT2D eigenvalue weighted by molar-refractivity contribution is -0.142. The minimum absolute atomic E-state index is 0.109. The van der Waals surface area contributed by atoms with Crippen LogP contribution in [0, 0.1) is 0 Å². The quantitative estimate of drug-likeness (QED) is 0.165. The predicted octanol–water partition coefficient (Wildman–Crippen LogP) is 6.56. The Balaban J connectivity index is 1.31. The third-order valence-corrected chi connectivity index (χ3v) is 8.71. The van der Waals surface area contributed by atoms with Gasteiger partial charge in [0.15, 0.2) is 17.0 Å². The van der Waals surface area contributed by atoms with Gasteiger partial charge in [-0.05, 0) is 67.5 Å². The van der Waals surface area contributed by atoms with E-state index in [0.717, 1.165) is 36.0 Å². The fourth-order valence-corrected chi connectivity index (χ4v) is 6.35. The van der Waals surface area contributed by atoms with Crippen LogP contribution < -0.4 is 10.9 Å². The predicted molar refractivity (Wildman–Crippen MR) is 184 cm³/mol. The van der Waals surface area contributed by atoms with Gasteiger partial charge in [0, 0.05) is 6.61 Å². The fraction of sp³-hybridized carbons (Fsp3) is 0.297. The zero-order valence-corrected chi connectivity index (χ0v) is 27.0. The van der Waals surface area contributed by atoms with Gasteiger partial charge in [-0.2, -0.15) is 0 Å². The normalized spacial score (nSPS) is 15.4. The van der Waals surface area contributed by atoms with Crippen LogP contribution in [-0.2, 0) is 20.7 Å². The molecule has 1 saturated heterocycles. The molecule has 3 aromatic heterocycles. The summed E-state index contributed by atoms with van der Waals surface area (Å²) in [6.45, 7) is 4.89. The van der Waals surface area contributed by atoms with Crippen molar-refractivity contribution in [3.63, 3.8) is 0 Å². The van der Waals surface area contributed by atoms with Crippen LogP contribution in [0.5, 0.6) is 0 Å². The highest BCUT2D eigenvalue weighted by atomic mass is 16.5. The molecule has 0 aliphatic carbocycles. The molecule has 244 valence electrons. The molecule has 0 spiro atoms. The minimum Gasteiger partial charge on any atom is -0.466 e. The molecule has 0 amide bonds. The number of fused-ring (bicyclic) bond motifs is 2. The Hall–Kier alpha value is -5.42. The van der Waals surface area contributed by atoms with Gasteiger partial charge >= 0.3 is 5.97 Å². The topological polar surface area (TPSA) is 126 Å². The molecule has 1 aliphatic heterocycles. The number of esters is 1. The van der Waals surface area contributed by atoms with E-state index in [0.29, 0.717) is 59.0 Å². The molecule has 1 fully saturated rings. The third-order valence-electron chi connectivity index (χ3n) is 8.71. The number of carbonyl (C=O) groups excluding carboxylic acids is 1. The summed E-state index contributed by atoms with van der Waals surface area (Å²) in [5.74, 6) is 0.850. The molecule has 2 unspecified atom stereocenters. The van der Waals surface area contributed by atoms with E-state index in [-0.39, 0.29) is 30.2 Å². The molecule has 1 N–H and O–H groups in total. The Bertz CT molecular complexity index is 2120. The Morgan fingerprint density at radius 1 is 1.00 bits per heavy atom. The Morgan fingerprint density at radius 3 is 2.58 bits per heavy atom. The van der Waals surface area contributed by atoms with Crippen molar-refractivity contribution in [1.82, 2.24) is 29.1 Å². The van der Waals surface area contributed by atoms with E-state index in [9.17, 15) is 9.59 Å². The number of nitrogens with one attached hydrogen (secondary N) is 1. The average Bonchev–Trinajstić information content (AvgIpc) is 3.57. The number of anilines is 1. The number of ether oxygens (including phenoxy) is 2. The SMILES string of the molecule is CCOC(=O)Cc1ccc(-c2cccc3nc(C(CC)Nc4ncnc5c4ncn5C4CCCCO4)n(-c4ccccc4)c(=O)c23)cc1. The van der Waals surface area contributed by atoms with E-state index in [1.165, 1.54) is 6.33 Å². The molecule has 48 heavy (non-hydrogen) atoms. The maximum absolute atomic E-state index is 14.7. The standard InChI is InChI=1S/C37H37N7O4/c1-3-28(41-34-33-36(39-22-38-34)43(23-40-33)30-15-8-9-20-48-30)35-42-29-14-10-13-27(25-18-16-24(17-19-25)21-31(45)47-4-2)32(29)37(46)44(35)26-11-6-5-7-12-26/h5-7,10-14,16-19,22-23,28,30H,3-4,8-9,15,20-21H2,1-2H3,(H,38,39,41). The second-order valence-corrected chi connectivity index (χ2v) is 11.8. The third kappa shape index (κ3) is 6.04. The monoisotopic (exact) mass is 643 g/mol. The summed E-state index contributed by atoms with van der Waals surface area (Å²) in [7, 11) is 0. The Morgan fingerprint density at radius 2 is 1.83 bits per heavy atom. The highest BCUT2D eigenvalue weighted by Gasteiger charge is 2.25. The Labute approximate surface area is 277 Å². The van der Waals surface area contributed by atoms with Gasteiger partial charge in [-0.15, -0.1) is 0 Å². The van der Waals surface area contributed by atoms with E-state index in [4.69, 9.17) is 14.5 Å². The number of hydrogen-bond donors (Lipinski definition) is 1. The van der Waals surface area contributed by atoms with Crippen LogP contribution in [-0.4, -0.2) is 48.3 Å². The van der Waals surface area contributed by atoms with Crippen molar-refractivity contribution in [3.8, 4) is 16.8 Å². The molecule has 1 aliphatic rings. The second-order valence-electron chi connectivity index (χ2n) is 11.8. The van der Waals surface area contributed by atoms with Gasteiger partial charge in [-0.3, -0.25) is 18.7 Å². The molecule has 0 bridgehead atoms. The van der Waals surface area contributed by atoms with Crippen molar-refractivity contribution < 1.29 is 14.3 Å². The largest absolute Gasteiger partial charge is 0.466 e. The fourth-order valence-electron chi connectivity index (χ4n) is 6.35. The van der Waals surface area contributed by atoms with E-state index < -0.39 is 0 Å². The molecule has 4 heterocycles. The van der Waals surface area contributed by atoms with Gasteiger partial charge < -0.3 is 14.8 Å². The summed E-state index contributed by atoms with van der Waals surface area (Å²) in [4.78, 5) is 45.6. The first-order chi connectivity index (χ1) is 23.6. The first kappa shape index (κ1) is 31.2. The minimum atomic E-state index is -0.387. The lowest BCUT2D eigenvalue weighted by Gasteiger charge is -2.24. The van der Waals surface area contributed by atoms with Crippen LogP contribution in [0.4, 0.5) is 5.82 Å². The number of benzene rings is 3. The van der Waals surface area contributed by atoms with Crippen molar-refractivity contribution in [2.45, 2.75) is 58.2 Å². The zero-order valence-electron chi connectivity index (χ0n) is 27.0. The molecule has 7 rings (SSSR count). The first-order valence-electron chi connectivity index (χ1n) is 16.5. The first-order valence-corrected chi connectivity index (χ1v) is 16.5. The number of carbonyl (C=O) groups is 1. The molecular formula is C37H37N7O4. The van der Waals surface area contributed by atoms with Crippen molar-refractivity contribution in [2.75, 3.05) is 18.5 Å². The summed E-state index contributed by atoms with van der Waals surface area (Å²) in [5.41, 5.74) is 4.89. The summed E-state index contributed by atoms with van der Waals surface area (Å²) in [6, 6.07) is 22.5. The molecule has 2 atom stereocenters. The highest BCUT2D eigenvalue weighted by molar-refractivity contribution is 5.94. The molecule has 3 aromatic carbocycles. The van der Waals surface area contributed by atoms with Gasteiger partial charge in [-0.25, -0.2) is 19.9 Å². The average molecular weight is 644 g/mol. The summed E-state index contributed by atoms with van der Waals surface area (Å²) >= 11 is 0. The van der Waals surface area contributed by atoms with E-state index >= 15 is 0 Å². The van der Waals surface area contributed by atoms with E-state index in [1.807, 2.05) is 84.3 Å². The van der Waals surface area contributed by atoms with Gasteiger partial charge in [0.2, 0.25) is 0 Å². The van der Waals surface area contributed by atoms with Crippen molar-refractivity contribution in [3.05, 3.63) is 107 Å². The number of para-hydroxylation sites is 1. The lowest BCUT2D eigenvalue weighted by Crippen LogP contribution is -2.28. The number of nitrogens with zero attached hydrogens (tertiary/aromatic N) is 6. The number of hydrogen-bond acceptors (Lipinski definition) is 9. The summed E-state index contributed by atoms with van der Waals surface area (Å²) in [6.07, 6.45) is 7.03. The van der Waals surface area contributed by atoms with Crippen LogP contribution in [0.2, 0.25) is 0 Å². The number of imidazole rings is 1. The van der Waals surface area contributed by atoms with Crippen LogP contribution in [0.25, 0.3) is 38.9 Å². The summed E-state index contributed by atoms with van der Waals surface area (Å²) in [5, 5.41) is 4.06. The van der Waals surface area contributed by atoms with Crippen molar-refractivity contribution >= 4 is 33.9 Å². The van der Waals surface area contributed by atoms with Crippen LogP contribution in [0.15, 0.2) is 90.2 Å². The van der Waals surface area contributed by atoms with E-state index in [2.05, 4.69) is 20.3 Å². The highest BCUT2D eigenvalue weighted by Crippen LogP contribution is 2.32. The molecule has 0 radical (unpaired) electrons. The van der Waals surface area contributed by atoms with Gasteiger partial charge in [-0.1, -0.05) is 61.5 Å². The van der Waals surface area contributed by atoms with Crippen LogP contribution >= 0.6 is 0 Å². The molecule has 11 nitrogen and oxygen atoms in total. The lowest BCUT2D eigenvalue weighted by atomic mass is 9.99. The number of aromatic nitrogens is 6. The second kappa shape index (κ2) is 13.7. The van der Waals surface area contributed by atoms with Gasteiger partial charge in [0.1, 0.15) is 18.4 Å². The summed E-state index contributed by atoms with van der Waals surface area (Å²) < 4.78 is 14.8. The van der Waals surface area contributed by atoms with Crippen molar-refractivity contribution in [2.24, 2.45) is 0 Å².